The maximum Gasteiger partial charge on any atom is 0.251 e. The molecule has 0 aromatic heterocycles. The third kappa shape index (κ3) is 5.95. The third-order valence-corrected chi connectivity index (χ3v) is 3.54. The van der Waals surface area contributed by atoms with Gasteiger partial charge in [0.2, 0.25) is 0 Å². The number of rotatable bonds is 7. The van der Waals surface area contributed by atoms with E-state index in [1.807, 2.05) is 26.0 Å². The molecular weight excluding hydrogens is 310 g/mol. The minimum absolute atomic E-state index is 0.0896. The number of halogens is 1. The molecule has 0 spiro atoms. The lowest BCUT2D eigenvalue weighted by Gasteiger charge is -2.10. The average Bonchev–Trinajstić information content (AvgIpc) is 2.52. The van der Waals surface area contributed by atoms with Crippen LogP contribution in [0.3, 0.4) is 0 Å². The van der Waals surface area contributed by atoms with Gasteiger partial charge < -0.3 is 10.1 Å². The van der Waals surface area contributed by atoms with Crippen LogP contribution in [0.2, 0.25) is 5.02 Å². The van der Waals surface area contributed by atoms with Gasteiger partial charge in [0, 0.05) is 17.1 Å². The van der Waals surface area contributed by atoms with Gasteiger partial charge in [-0.15, -0.1) is 0 Å². The fraction of sp³-hybridized carbons (Fsp3) is 0.316. The molecule has 0 aliphatic rings. The number of nitrogens with one attached hydrogen (secondary N) is 1. The number of hydrogen-bond acceptors (Lipinski definition) is 2. The summed E-state index contributed by atoms with van der Waals surface area (Å²) in [5, 5.41) is 3.48. The van der Waals surface area contributed by atoms with E-state index in [-0.39, 0.29) is 12.0 Å². The first-order valence-electron chi connectivity index (χ1n) is 7.84. The predicted molar refractivity (Wildman–Crippen MR) is 94.3 cm³/mol. The number of carbonyl (C=O) groups excluding carboxylic acids is 1. The molecule has 0 aliphatic heterocycles. The quantitative estimate of drug-likeness (QED) is 0.759. The summed E-state index contributed by atoms with van der Waals surface area (Å²) in [4.78, 5) is 12.0. The lowest BCUT2D eigenvalue weighted by molar-refractivity contribution is 0.0953. The lowest BCUT2D eigenvalue weighted by atomic mass is 10.1. The van der Waals surface area contributed by atoms with Crippen LogP contribution in [0, 0.1) is 0 Å². The molecule has 1 N–H and O–H groups in total. The van der Waals surface area contributed by atoms with Crippen molar-refractivity contribution in [2.75, 3.05) is 6.54 Å². The topological polar surface area (TPSA) is 38.3 Å². The van der Waals surface area contributed by atoms with E-state index in [1.165, 1.54) is 5.56 Å². The summed E-state index contributed by atoms with van der Waals surface area (Å²) in [6.45, 7) is 4.66. The lowest BCUT2D eigenvalue weighted by Crippen LogP contribution is -2.24. The molecule has 3 nitrogen and oxygen atoms in total. The molecule has 0 saturated heterocycles. The van der Waals surface area contributed by atoms with E-state index >= 15 is 0 Å². The van der Waals surface area contributed by atoms with E-state index in [0.717, 1.165) is 18.6 Å². The van der Waals surface area contributed by atoms with Crippen LogP contribution in [0.5, 0.6) is 5.75 Å². The number of hydrogen-bond donors (Lipinski definition) is 1. The van der Waals surface area contributed by atoms with Gasteiger partial charge in [0.05, 0.1) is 6.10 Å². The number of aryl methyl sites for hydroxylation is 1. The van der Waals surface area contributed by atoms with Crippen LogP contribution in [0.25, 0.3) is 0 Å². The van der Waals surface area contributed by atoms with Gasteiger partial charge in [-0.2, -0.15) is 0 Å². The predicted octanol–water partition coefficient (Wildman–Crippen LogP) is 4.49. The second-order valence-electron chi connectivity index (χ2n) is 5.68. The van der Waals surface area contributed by atoms with Gasteiger partial charge in [-0.05, 0) is 62.6 Å². The zero-order chi connectivity index (χ0) is 16.7. The Bertz CT molecular complexity index is 638. The highest BCUT2D eigenvalue weighted by molar-refractivity contribution is 6.30. The first-order valence-corrected chi connectivity index (χ1v) is 8.22. The standard InChI is InChI=1S/C19H22ClNO2/c1-14(2)23-18-10-8-15(9-11-18)5-4-12-21-19(22)16-6-3-7-17(20)13-16/h3,6-11,13-14H,4-5,12H2,1-2H3,(H,21,22). The first-order chi connectivity index (χ1) is 11.0. The van der Waals surface area contributed by atoms with Crippen molar-refractivity contribution in [2.45, 2.75) is 32.8 Å². The fourth-order valence-electron chi connectivity index (χ4n) is 2.23. The largest absolute Gasteiger partial charge is 0.491 e. The summed E-state index contributed by atoms with van der Waals surface area (Å²) in [6, 6.07) is 15.1. The summed E-state index contributed by atoms with van der Waals surface area (Å²) in [7, 11) is 0. The SMILES string of the molecule is CC(C)Oc1ccc(CCCNC(=O)c2cccc(Cl)c2)cc1. The molecule has 122 valence electrons. The molecule has 0 fully saturated rings. The monoisotopic (exact) mass is 331 g/mol. The second-order valence-corrected chi connectivity index (χ2v) is 6.12. The van der Waals surface area contributed by atoms with E-state index in [9.17, 15) is 4.79 Å². The zero-order valence-corrected chi connectivity index (χ0v) is 14.3. The molecule has 2 aromatic rings. The van der Waals surface area contributed by atoms with Gasteiger partial charge in [-0.25, -0.2) is 0 Å². The van der Waals surface area contributed by atoms with Crippen LogP contribution < -0.4 is 10.1 Å². The molecule has 2 aromatic carbocycles. The molecule has 0 radical (unpaired) electrons. The van der Waals surface area contributed by atoms with Gasteiger partial charge in [0.15, 0.2) is 0 Å². The Morgan fingerprint density at radius 2 is 1.91 bits per heavy atom. The van der Waals surface area contributed by atoms with Crippen molar-refractivity contribution in [1.82, 2.24) is 5.32 Å². The summed E-state index contributed by atoms with van der Waals surface area (Å²) in [5.74, 6) is 0.797. The number of amides is 1. The zero-order valence-electron chi connectivity index (χ0n) is 13.5. The third-order valence-electron chi connectivity index (χ3n) is 3.31. The Kier molecular flexibility index (Phi) is 6.48. The highest BCUT2D eigenvalue weighted by Gasteiger charge is 2.05. The van der Waals surface area contributed by atoms with E-state index in [1.54, 1.807) is 24.3 Å². The van der Waals surface area contributed by atoms with Crippen molar-refractivity contribution in [3.8, 4) is 5.75 Å². The Morgan fingerprint density at radius 3 is 2.57 bits per heavy atom. The van der Waals surface area contributed by atoms with Gasteiger partial charge in [0.1, 0.15) is 5.75 Å². The average molecular weight is 332 g/mol. The maximum absolute atomic E-state index is 12.0. The normalized spacial score (nSPS) is 10.6. The molecule has 0 heterocycles. The van der Waals surface area contributed by atoms with E-state index in [2.05, 4.69) is 17.4 Å². The van der Waals surface area contributed by atoms with Gasteiger partial charge in [0.25, 0.3) is 5.91 Å². The summed E-state index contributed by atoms with van der Waals surface area (Å²) in [6.07, 6.45) is 1.98. The second kappa shape index (κ2) is 8.59. The Morgan fingerprint density at radius 1 is 1.17 bits per heavy atom. The van der Waals surface area contributed by atoms with E-state index in [0.29, 0.717) is 17.1 Å². The molecule has 1 amide bonds. The van der Waals surface area contributed by atoms with Gasteiger partial charge >= 0.3 is 0 Å². The van der Waals surface area contributed by atoms with Crippen LogP contribution in [0.15, 0.2) is 48.5 Å². The summed E-state index contributed by atoms with van der Waals surface area (Å²) in [5.41, 5.74) is 1.82. The molecule has 0 saturated carbocycles. The van der Waals surface area contributed by atoms with Gasteiger partial charge in [-0.1, -0.05) is 29.8 Å². The number of carbonyl (C=O) groups is 1. The van der Waals surface area contributed by atoms with Crippen molar-refractivity contribution in [3.63, 3.8) is 0 Å². The molecular formula is C19H22ClNO2. The minimum Gasteiger partial charge on any atom is -0.491 e. The van der Waals surface area contributed by atoms with Crippen molar-refractivity contribution in [3.05, 3.63) is 64.7 Å². The van der Waals surface area contributed by atoms with Crippen LogP contribution in [-0.4, -0.2) is 18.6 Å². The molecule has 2 rings (SSSR count). The van der Waals surface area contributed by atoms with Crippen molar-refractivity contribution in [2.24, 2.45) is 0 Å². The van der Waals surface area contributed by atoms with E-state index < -0.39 is 0 Å². The van der Waals surface area contributed by atoms with Crippen LogP contribution in [0.4, 0.5) is 0 Å². The summed E-state index contributed by atoms with van der Waals surface area (Å²) >= 11 is 5.88. The minimum atomic E-state index is -0.0896. The van der Waals surface area contributed by atoms with Crippen LogP contribution in [-0.2, 0) is 6.42 Å². The van der Waals surface area contributed by atoms with Crippen LogP contribution >= 0.6 is 11.6 Å². The molecule has 0 aliphatic carbocycles. The highest BCUT2D eigenvalue weighted by Crippen LogP contribution is 2.15. The Hall–Kier alpha value is -2.00. The Labute approximate surface area is 142 Å². The molecule has 0 unspecified atom stereocenters. The van der Waals surface area contributed by atoms with Crippen LogP contribution in [0.1, 0.15) is 36.2 Å². The molecule has 4 heteroatoms. The van der Waals surface area contributed by atoms with Crippen molar-refractivity contribution >= 4 is 17.5 Å². The van der Waals surface area contributed by atoms with E-state index in [4.69, 9.17) is 16.3 Å². The van der Waals surface area contributed by atoms with Gasteiger partial charge in [-0.3, -0.25) is 4.79 Å². The highest BCUT2D eigenvalue weighted by atomic mass is 35.5. The maximum atomic E-state index is 12.0. The molecule has 0 atom stereocenters. The molecule has 23 heavy (non-hydrogen) atoms. The number of benzene rings is 2. The Balaban J connectivity index is 1.74. The summed E-state index contributed by atoms with van der Waals surface area (Å²) < 4.78 is 5.62. The first kappa shape index (κ1) is 17.4. The van der Waals surface area contributed by atoms with Crippen molar-refractivity contribution < 1.29 is 9.53 Å². The number of ether oxygens (including phenoxy) is 1. The smallest absolute Gasteiger partial charge is 0.251 e. The van der Waals surface area contributed by atoms with Crippen molar-refractivity contribution in [1.29, 1.82) is 0 Å². The molecule has 0 bridgehead atoms. The fourth-order valence-corrected chi connectivity index (χ4v) is 2.42.